The van der Waals surface area contributed by atoms with Gasteiger partial charge in [-0.25, -0.2) is 0 Å². The number of benzene rings is 2. The van der Waals surface area contributed by atoms with Gasteiger partial charge in [0, 0.05) is 11.6 Å². The molecule has 0 amide bonds. The van der Waals surface area contributed by atoms with E-state index in [1.807, 2.05) is 0 Å². The molecule has 29 heavy (non-hydrogen) atoms. The van der Waals surface area contributed by atoms with Gasteiger partial charge < -0.3 is 17.4 Å². The second-order valence-electron chi connectivity index (χ2n) is 9.15. The summed E-state index contributed by atoms with van der Waals surface area (Å²) in [7, 11) is -7.34. The molecule has 0 aliphatic heterocycles. The molecule has 2 aromatic rings. The smallest absolute Gasteiger partial charge is 0.474 e. The minimum Gasteiger partial charge on any atom is -0.474 e. The summed E-state index contributed by atoms with van der Waals surface area (Å²) in [6, 6.07) is 14.6. The van der Waals surface area contributed by atoms with Crippen LogP contribution in [0.5, 0.6) is 0 Å². The van der Waals surface area contributed by atoms with Crippen LogP contribution in [0.4, 0.5) is 0 Å². The molecular weight excluding hydrogens is 412 g/mol. The third-order valence-corrected chi connectivity index (χ3v) is 12.8. The lowest BCUT2D eigenvalue weighted by molar-refractivity contribution is -0.0652. The minimum absolute atomic E-state index is 0.448. The highest BCUT2D eigenvalue weighted by molar-refractivity contribution is 6.92. The molecule has 0 spiro atoms. The average Bonchev–Trinajstić information content (AvgIpc) is 2.58. The van der Waals surface area contributed by atoms with Crippen molar-refractivity contribution < 1.29 is 17.4 Å². The van der Waals surface area contributed by atoms with Gasteiger partial charge in [-0.15, -0.1) is 0 Å². The van der Waals surface area contributed by atoms with Crippen LogP contribution < -0.4 is 5.19 Å². The van der Waals surface area contributed by atoms with E-state index in [0.717, 1.165) is 28.8 Å². The van der Waals surface area contributed by atoms with Crippen LogP contribution in [0.2, 0.25) is 39.3 Å². The van der Waals surface area contributed by atoms with Gasteiger partial charge in [0.25, 0.3) is 0 Å². The van der Waals surface area contributed by atoms with Crippen LogP contribution in [0.3, 0.4) is 0 Å². The fourth-order valence-electron chi connectivity index (χ4n) is 3.21. The van der Waals surface area contributed by atoms with Crippen LogP contribution in [0.15, 0.2) is 55.3 Å². The van der Waals surface area contributed by atoms with Gasteiger partial charge in [0.15, 0.2) is 22.9 Å². The van der Waals surface area contributed by atoms with Crippen LogP contribution in [-0.2, 0) is 17.4 Å². The van der Waals surface area contributed by atoms with Crippen molar-refractivity contribution in [1.29, 1.82) is 0 Å². The van der Waals surface area contributed by atoms with Crippen molar-refractivity contribution in [2.75, 3.05) is 0 Å². The van der Waals surface area contributed by atoms with E-state index in [-0.39, 0.29) is 0 Å². The van der Waals surface area contributed by atoms with Gasteiger partial charge in [-0.2, -0.15) is 0 Å². The van der Waals surface area contributed by atoms with Crippen molar-refractivity contribution in [2.24, 2.45) is 0 Å². The summed E-state index contributed by atoms with van der Waals surface area (Å²) in [6.45, 7) is 18.9. The Kier molecular flexibility index (Phi) is 8.06. The Balaban J connectivity index is 2.73. The van der Waals surface area contributed by atoms with Crippen LogP contribution >= 0.6 is 0 Å². The topological polar surface area (TPSA) is 36.9 Å². The number of fused-ring (bicyclic) bond motifs is 1. The molecule has 160 valence electrons. The first kappa shape index (κ1) is 24.0. The first-order chi connectivity index (χ1) is 13.5. The number of rotatable bonds is 11. The lowest BCUT2D eigenvalue weighted by Gasteiger charge is -2.41. The van der Waals surface area contributed by atoms with Gasteiger partial charge in [0.2, 0.25) is 0 Å². The van der Waals surface area contributed by atoms with E-state index in [0.29, 0.717) is 0 Å². The summed E-state index contributed by atoms with van der Waals surface area (Å²) in [6.07, 6.45) is 2.68. The van der Waals surface area contributed by atoms with Crippen LogP contribution in [0, 0.1) is 0 Å². The highest BCUT2D eigenvalue weighted by Crippen LogP contribution is 2.27. The Morgan fingerprint density at radius 2 is 1.48 bits per heavy atom. The number of hydrogen-bond acceptors (Lipinski definition) is 4. The largest absolute Gasteiger partial charge is 0.519 e. The van der Waals surface area contributed by atoms with Crippen molar-refractivity contribution >= 4 is 41.4 Å². The molecule has 0 aromatic heterocycles. The summed E-state index contributed by atoms with van der Waals surface area (Å²) in [5.74, 6) is 0. The lowest BCUT2D eigenvalue weighted by atomic mass is 10.1. The minimum atomic E-state index is -3.29. The van der Waals surface area contributed by atoms with Crippen LogP contribution in [-0.4, -0.2) is 31.7 Å². The normalized spacial score (nSPS) is 14.0. The molecule has 0 radical (unpaired) electrons. The van der Waals surface area contributed by atoms with E-state index in [9.17, 15) is 0 Å². The maximum absolute atomic E-state index is 6.87. The number of ether oxygens (including phenoxy) is 1. The Morgan fingerprint density at radius 3 is 2.03 bits per heavy atom. The third kappa shape index (κ3) is 6.91. The van der Waals surface area contributed by atoms with Crippen LogP contribution in [0.25, 0.3) is 10.8 Å². The van der Waals surface area contributed by atoms with Gasteiger partial charge in [-0.3, -0.25) is 0 Å². The molecule has 0 bridgehead atoms. The maximum Gasteiger partial charge on any atom is 0.519 e. The monoisotopic (exact) mass is 448 g/mol. The van der Waals surface area contributed by atoms with E-state index in [1.165, 1.54) is 6.26 Å². The van der Waals surface area contributed by atoms with Crippen molar-refractivity contribution in [3.8, 4) is 0 Å². The van der Waals surface area contributed by atoms with E-state index in [2.05, 4.69) is 95.2 Å². The molecule has 0 N–H and O–H groups in total. The zero-order valence-electron chi connectivity index (χ0n) is 19.0. The summed E-state index contributed by atoms with van der Waals surface area (Å²) in [5, 5.41) is 3.29. The van der Waals surface area contributed by atoms with Gasteiger partial charge in [-0.05, 0) is 50.1 Å². The molecule has 0 saturated carbocycles. The summed E-state index contributed by atoms with van der Waals surface area (Å²) >= 11 is 0. The first-order valence-corrected chi connectivity index (χ1v) is 18.9. The van der Waals surface area contributed by atoms with Gasteiger partial charge >= 0.3 is 8.80 Å². The van der Waals surface area contributed by atoms with Gasteiger partial charge in [-0.1, -0.05) is 62.4 Å². The second-order valence-corrected chi connectivity index (χ2v) is 21.1. The molecule has 0 aliphatic carbocycles. The summed E-state index contributed by atoms with van der Waals surface area (Å²) in [4.78, 5) is 0. The fraction of sp³-hybridized carbons (Fsp3) is 0.455. The molecule has 1 unspecified atom stereocenters. The summed E-state index contributed by atoms with van der Waals surface area (Å²) < 4.78 is 26.2. The molecule has 4 nitrogen and oxygen atoms in total. The van der Waals surface area contributed by atoms with Crippen molar-refractivity contribution in [2.45, 2.75) is 65.3 Å². The molecule has 7 heteroatoms. The Morgan fingerprint density at radius 1 is 0.897 bits per heavy atom. The standard InChI is InChI=1S/C22H36O4Si3/c1-9-14-22(23-10-2)24-29(25-27(3,4)5,26-28(6,7)8)21-18-13-16-19-15-11-12-17-20(19)21/h10-13,15-18,22H,2,9,14H2,1,3-8H3. The van der Waals surface area contributed by atoms with Crippen molar-refractivity contribution in [3.05, 3.63) is 55.3 Å². The van der Waals surface area contributed by atoms with E-state index in [4.69, 9.17) is 17.4 Å². The second kappa shape index (κ2) is 9.72. The van der Waals surface area contributed by atoms with Crippen LogP contribution in [0.1, 0.15) is 19.8 Å². The van der Waals surface area contributed by atoms with Gasteiger partial charge in [0.05, 0.1) is 6.26 Å². The van der Waals surface area contributed by atoms with Crippen molar-refractivity contribution in [3.63, 3.8) is 0 Å². The maximum atomic E-state index is 6.87. The summed E-state index contributed by atoms with van der Waals surface area (Å²) in [5.41, 5.74) is 0. The molecule has 0 saturated heterocycles. The average molecular weight is 449 g/mol. The molecule has 2 rings (SSSR count). The first-order valence-electron chi connectivity index (χ1n) is 10.3. The molecule has 0 aliphatic rings. The Labute approximate surface area is 179 Å². The molecule has 0 fully saturated rings. The van der Waals surface area contributed by atoms with E-state index in [1.54, 1.807) is 0 Å². The van der Waals surface area contributed by atoms with E-state index >= 15 is 0 Å². The molecule has 0 heterocycles. The highest BCUT2D eigenvalue weighted by atomic mass is 28.5. The Bertz CT molecular complexity index is 790. The van der Waals surface area contributed by atoms with E-state index < -0.39 is 31.7 Å². The highest BCUT2D eigenvalue weighted by Gasteiger charge is 2.52. The quantitative estimate of drug-likeness (QED) is 0.240. The zero-order chi connectivity index (χ0) is 21.7. The van der Waals surface area contributed by atoms with Crippen molar-refractivity contribution in [1.82, 2.24) is 0 Å². The molecule has 1 atom stereocenters. The molecule has 2 aromatic carbocycles. The molecular formula is C22H36O4Si3. The Hall–Kier alpha value is -1.23. The predicted octanol–water partition coefficient (Wildman–Crippen LogP) is 5.99. The fourth-order valence-corrected chi connectivity index (χ4v) is 13.0. The predicted molar refractivity (Wildman–Crippen MR) is 129 cm³/mol. The zero-order valence-corrected chi connectivity index (χ0v) is 22.0. The SMILES string of the molecule is C=COC(CCC)O[Si](O[Si](C)(C)C)(O[Si](C)(C)C)c1cccc2ccccc12. The third-order valence-electron chi connectivity index (χ3n) is 4.06. The lowest BCUT2D eigenvalue weighted by Crippen LogP contribution is -2.65. The van der Waals surface area contributed by atoms with Gasteiger partial charge in [0.1, 0.15) is 0 Å². The number of hydrogen-bond donors (Lipinski definition) is 0.